The Morgan fingerprint density at radius 1 is 1.88 bits per heavy atom. The topological polar surface area (TPSA) is 63.3 Å². The summed E-state index contributed by atoms with van der Waals surface area (Å²) in [6, 6.07) is -0.112. The SMILES string of the molecule is N[C@@H]([CH2][AlH2])CC(=O)O. The highest BCUT2D eigenvalue weighted by Gasteiger charge is 2.03. The van der Waals surface area contributed by atoms with E-state index in [9.17, 15) is 4.79 Å². The Morgan fingerprint density at radius 3 is 2.50 bits per heavy atom. The number of carboxylic acid groups (broad SMARTS) is 1. The first-order valence-corrected chi connectivity index (χ1v) is 4.05. The molecule has 0 aliphatic rings. The van der Waals surface area contributed by atoms with Gasteiger partial charge < -0.3 is 10.8 Å². The number of hydrogen-bond donors (Lipinski definition) is 2. The third kappa shape index (κ3) is 4.13. The molecular weight excluding hydrogens is 121 g/mol. The molecule has 46 valence electrons. The molecule has 3 N–H and O–H groups in total. The zero-order valence-electron chi connectivity index (χ0n) is 4.92. The second kappa shape index (κ2) is 3.90. The van der Waals surface area contributed by atoms with Crippen LogP contribution in [0.15, 0.2) is 0 Å². The number of rotatable bonds is 3. The maximum atomic E-state index is 9.90. The lowest BCUT2D eigenvalue weighted by atomic mass is 10.2. The third-order valence-electron chi connectivity index (χ3n) is 0.961. The van der Waals surface area contributed by atoms with Crippen molar-refractivity contribution < 1.29 is 9.90 Å². The summed E-state index contributed by atoms with van der Waals surface area (Å²) in [5.74, 6) is -0.798. The average molecular weight is 131 g/mol. The van der Waals surface area contributed by atoms with Gasteiger partial charge in [0, 0.05) is 6.04 Å². The second-order valence-corrected chi connectivity index (χ2v) is 2.58. The largest absolute Gasteiger partial charge is 0.481 e. The van der Waals surface area contributed by atoms with Gasteiger partial charge in [0.15, 0.2) is 0 Å². The van der Waals surface area contributed by atoms with Gasteiger partial charge in [-0.15, -0.1) is 0 Å². The van der Waals surface area contributed by atoms with Gasteiger partial charge in [-0.25, -0.2) is 0 Å². The predicted molar refractivity (Wildman–Crippen MR) is 33.6 cm³/mol. The highest BCUT2D eigenvalue weighted by Crippen LogP contribution is 1.89. The van der Waals surface area contributed by atoms with E-state index in [0.29, 0.717) is 0 Å². The van der Waals surface area contributed by atoms with Crippen LogP contribution in [0.25, 0.3) is 0 Å². The lowest BCUT2D eigenvalue weighted by Crippen LogP contribution is -2.22. The molecule has 8 heavy (non-hydrogen) atoms. The standard InChI is InChI=1S/C4H8NO2.Al.2H/c1-3(5)2-4(6)7;;;/h3H,1-2,5H2,(H,6,7);;;/t3-;;;/m0.../s1. The van der Waals surface area contributed by atoms with Crippen LogP contribution in [0.4, 0.5) is 0 Å². The van der Waals surface area contributed by atoms with Crippen LogP contribution in [0.1, 0.15) is 6.42 Å². The van der Waals surface area contributed by atoms with Crippen molar-refractivity contribution >= 4 is 22.3 Å². The van der Waals surface area contributed by atoms with Crippen molar-refractivity contribution in [2.75, 3.05) is 0 Å². The number of carboxylic acids is 1. The lowest BCUT2D eigenvalue weighted by molar-refractivity contribution is -0.137. The van der Waals surface area contributed by atoms with Gasteiger partial charge in [-0.3, -0.25) is 4.79 Å². The molecule has 0 aromatic carbocycles. The molecule has 4 heteroatoms. The van der Waals surface area contributed by atoms with Gasteiger partial charge >= 0.3 is 5.97 Å². The minimum atomic E-state index is -0.798. The molecule has 0 amide bonds. The fraction of sp³-hybridized carbons (Fsp3) is 0.750. The Labute approximate surface area is 56.3 Å². The van der Waals surface area contributed by atoms with Crippen LogP contribution in [0.2, 0.25) is 5.28 Å². The Hall–Kier alpha value is -0.0375. The van der Waals surface area contributed by atoms with Crippen molar-refractivity contribution in [1.82, 2.24) is 0 Å². The van der Waals surface area contributed by atoms with Crippen molar-refractivity contribution in [3.05, 3.63) is 0 Å². The first kappa shape index (κ1) is 7.96. The van der Waals surface area contributed by atoms with E-state index in [2.05, 4.69) is 0 Å². The summed E-state index contributed by atoms with van der Waals surface area (Å²) in [6.45, 7) is 0. The molecule has 0 saturated carbocycles. The normalized spacial score (nSPS) is 13.1. The number of carbonyl (C=O) groups is 1. The van der Waals surface area contributed by atoms with E-state index in [1.54, 1.807) is 0 Å². The van der Waals surface area contributed by atoms with Crippen molar-refractivity contribution in [3.8, 4) is 0 Å². The third-order valence-corrected chi connectivity index (χ3v) is 2.01. The van der Waals surface area contributed by atoms with Crippen molar-refractivity contribution in [2.24, 2.45) is 5.73 Å². The summed E-state index contributed by atoms with van der Waals surface area (Å²) in [6.07, 6.45) is 0.115. The first-order chi connectivity index (χ1) is 3.66. The van der Waals surface area contributed by atoms with Crippen LogP contribution >= 0.6 is 0 Å². The summed E-state index contributed by atoms with van der Waals surface area (Å²) in [4.78, 5) is 9.90. The lowest BCUT2D eigenvalue weighted by Gasteiger charge is -2.01. The fourth-order valence-corrected chi connectivity index (χ4v) is 0.657. The van der Waals surface area contributed by atoms with E-state index in [0.717, 1.165) is 21.6 Å². The summed E-state index contributed by atoms with van der Waals surface area (Å²) < 4.78 is 0. The van der Waals surface area contributed by atoms with Crippen LogP contribution in [-0.2, 0) is 4.79 Å². The molecule has 0 rings (SSSR count). The van der Waals surface area contributed by atoms with Gasteiger partial charge in [0.05, 0.1) is 6.42 Å². The zero-order chi connectivity index (χ0) is 6.57. The molecule has 0 spiro atoms. The molecule has 0 heterocycles. The van der Waals surface area contributed by atoms with Crippen LogP contribution in [-0.4, -0.2) is 33.4 Å². The van der Waals surface area contributed by atoms with Gasteiger partial charge in [0.2, 0.25) is 16.3 Å². The van der Waals surface area contributed by atoms with E-state index in [1.807, 2.05) is 0 Å². The zero-order valence-corrected chi connectivity index (χ0v) is 6.92. The maximum Gasteiger partial charge on any atom is 0.304 e. The van der Waals surface area contributed by atoms with Crippen molar-refractivity contribution in [3.63, 3.8) is 0 Å². The molecule has 1 atom stereocenters. The van der Waals surface area contributed by atoms with Gasteiger partial charge in [0.1, 0.15) is 0 Å². The Morgan fingerprint density at radius 2 is 2.38 bits per heavy atom. The second-order valence-electron chi connectivity index (χ2n) is 1.77. The molecule has 0 aliphatic heterocycles. The minimum Gasteiger partial charge on any atom is -0.481 e. The van der Waals surface area contributed by atoms with E-state index >= 15 is 0 Å². The van der Waals surface area contributed by atoms with Crippen molar-refractivity contribution in [2.45, 2.75) is 17.7 Å². The highest BCUT2D eigenvalue weighted by molar-refractivity contribution is 6.09. The van der Waals surface area contributed by atoms with E-state index in [4.69, 9.17) is 10.8 Å². The van der Waals surface area contributed by atoms with Gasteiger partial charge in [-0.1, -0.05) is 5.28 Å². The van der Waals surface area contributed by atoms with Crippen LogP contribution in [0.5, 0.6) is 0 Å². The molecule has 0 saturated heterocycles. The van der Waals surface area contributed by atoms with Gasteiger partial charge in [0.25, 0.3) is 0 Å². The average Bonchev–Trinajstić information content (AvgIpc) is 1.65. The summed E-state index contributed by atoms with van der Waals surface area (Å²) in [5, 5.41) is 9.02. The molecule has 0 unspecified atom stereocenters. The van der Waals surface area contributed by atoms with Gasteiger partial charge in [-0.05, 0) is 0 Å². The van der Waals surface area contributed by atoms with E-state index in [-0.39, 0.29) is 12.5 Å². The quantitative estimate of drug-likeness (QED) is 0.475. The summed E-state index contributed by atoms with van der Waals surface area (Å²) >= 11 is 0.990. The molecular formula is C4H10AlNO2. The first-order valence-electron chi connectivity index (χ1n) is 2.64. The van der Waals surface area contributed by atoms with E-state index < -0.39 is 5.97 Å². The number of aliphatic carboxylic acids is 1. The summed E-state index contributed by atoms with van der Waals surface area (Å²) in [5.41, 5.74) is 5.33. The molecule has 0 aliphatic carbocycles. The summed E-state index contributed by atoms with van der Waals surface area (Å²) in [7, 11) is 0. The Bertz CT molecular complexity index is 86.1. The van der Waals surface area contributed by atoms with E-state index in [1.165, 1.54) is 0 Å². The Balaban J connectivity index is 3.24. The predicted octanol–water partition coefficient (Wildman–Crippen LogP) is -1.16. The maximum absolute atomic E-state index is 9.90. The molecule has 0 radical (unpaired) electrons. The molecule has 0 aromatic rings. The fourth-order valence-electron chi connectivity index (χ4n) is 0.369. The number of hydrogen-bond acceptors (Lipinski definition) is 2. The molecule has 0 aromatic heterocycles. The number of nitrogens with two attached hydrogens (primary N) is 1. The Kier molecular flexibility index (Phi) is 3.89. The smallest absolute Gasteiger partial charge is 0.304 e. The van der Waals surface area contributed by atoms with Crippen LogP contribution in [0, 0.1) is 0 Å². The van der Waals surface area contributed by atoms with Gasteiger partial charge in [-0.2, -0.15) is 0 Å². The highest BCUT2D eigenvalue weighted by atomic mass is 27.0. The van der Waals surface area contributed by atoms with Crippen LogP contribution < -0.4 is 5.73 Å². The van der Waals surface area contributed by atoms with Crippen LogP contribution in [0.3, 0.4) is 0 Å². The molecule has 0 fully saturated rings. The molecule has 3 nitrogen and oxygen atoms in total. The molecule has 0 bridgehead atoms. The minimum absolute atomic E-state index is 0.112. The monoisotopic (exact) mass is 131 g/mol. The van der Waals surface area contributed by atoms with Crippen molar-refractivity contribution in [1.29, 1.82) is 0 Å².